The molecule has 1 fully saturated rings. The molecule has 2 rings (SSSR count). The van der Waals surface area contributed by atoms with Gasteiger partial charge in [-0.05, 0) is 32.0 Å². The van der Waals surface area contributed by atoms with Crippen LogP contribution in [0.15, 0.2) is 23.1 Å². The van der Waals surface area contributed by atoms with E-state index >= 15 is 0 Å². The molecule has 1 saturated heterocycles. The third kappa shape index (κ3) is 3.49. The van der Waals surface area contributed by atoms with Crippen molar-refractivity contribution in [3.8, 4) is 0 Å². The van der Waals surface area contributed by atoms with Gasteiger partial charge in [-0.15, -0.1) is 0 Å². The molecule has 0 radical (unpaired) electrons. The Balaban J connectivity index is 2.38. The van der Waals surface area contributed by atoms with Gasteiger partial charge in [-0.1, -0.05) is 11.6 Å². The van der Waals surface area contributed by atoms with Gasteiger partial charge in [-0.3, -0.25) is 0 Å². The molecular weight excluding hydrogens is 316 g/mol. The van der Waals surface area contributed by atoms with Crippen LogP contribution in [0.4, 0.5) is 5.69 Å². The van der Waals surface area contributed by atoms with Crippen molar-refractivity contribution in [2.24, 2.45) is 0 Å². The van der Waals surface area contributed by atoms with E-state index in [2.05, 4.69) is 0 Å². The lowest BCUT2D eigenvalue weighted by atomic mass is 10.1. The number of rotatable bonds is 3. The van der Waals surface area contributed by atoms with E-state index in [-0.39, 0.29) is 29.6 Å². The maximum atomic E-state index is 12.7. The van der Waals surface area contributed by atoms with E-state index in [1.807, 2.05) is 0 Å². The van der Waals surface area contributed by atoms with Gasteiger partial charge in [0.25, 0.3) is 0 Å². The second-order valence-electron chi connectivity index (χ2n) is 5.67. The molecule has 21 heavy (non-hydrogen) atoms. The Bertz CT molecular complexity index is 633. The van der Waals surface area contributed by atoms with E-state index in [9.17, 15) is 13.5 Å². The molecule has 1 aliphatic heterocycles. The molecule has 1 aromatic carbocycles. The zero-order chi connectivity index (χ0) is 15.8. The molecule has 0 spiro atoms. The van der Waals surface area contributed by atoms with E-state index < -0.39 is 21.7 Å². The third-order valence-electron chi connectivity index (χ3n) is 3.23. The van der Waals surface area contributed by atoms with Crippen LogP contribution < -0.4 is 5.73 Å². The second-order valence-corrected chi connectivity index (χ2v) is 7.98. The topological polar surface area (TPSA) is 92.9 Å². The lowest BCUT2D eigenvalue weighted by molar-refractivity contribution is -0.131. The first kappa shape index (κ1) is 16.5. The normalized spacial score (nSPS) is 23.1. The largest absolute Gasteiger partial charge is 0.399 e. The summed E-state index contributed by atoms with van der Waals surface area (Å²) in [6.07, 6.45) is -0.559. The molecule has 3 N–H and O–H groups in total. The van der Waals surface area contributed by atoms with Crippen molar-refractivity contribution >= 4 is 27.3 Å². The van der Waals surface area contributed by atoms with Crippen LogP contribution in [0.5, 0.6) is 0 Å². The van der Waals surface area contributed by atoms with Crippen LogP contribution in [0.3, 0.4) is 0 Å². The summed E-state index contributed by atoms with van der Waals surface area (Å²) in [7, 11) is -3.77. The summed E-state index contributed by atoms with van der Waals surface area (Å²) < 4.78 is 32.4. The minimum absolute atomic E-state index is 0.00718. The first-order chi connectivity index (χ1) is 9.65. The molecule has 1 aliphatic rings. The number of sulfonamides is 1. The summed E-state index contributed by atoms with van der Waals surface area (Å²) >= 11 is 6.01. The molecular formula is C13H19ClN2O4S. The Morgan fingerprint density at radius 1 is 1.52 bits per heavy atom. The highest BCUT2D eigenvalue weighted by Gasteiger charge is 2.39. The van der Waals surface area contributed by atoms with E-state index in [4.69, 9.17) is 22.1 Å². The number of anilines is 1. The predicted octanol–water partition coefficient (Wildman–Crippen LogP) is 1.08. The number of nitrogens with zero attached hydrogens (tertiary/aromatic N) is 1. The molecule has 0 aromatic heterocycles. The fraction of sp³-hybridized carbons (Fsp3) is 0.538. The highest BCUT2D eigenvalue weighted by atomic mass is 35.5. The summed E-state index contributed by atoms with van der Waals surface area (Å²) in [5.41, 5.74) is 5.31. The molecule has 0 amide bonds. The molecule has 0 saturated carbocycles. The average Bonchev–Trinajstić information content (AvgIpc) is 2.36. The molecule has 1 heterocycles. The van der Waals surface area contributed by atoms with Crippen LogP contribution in [0, 0.1) is 0 Å². The fourth-order valence-corrected chi connectivity index (χ4v) is 4.53. The monoisotopic (exact) mass is 334 g/mol. The Hall–Kier alpha value is -0.860. The average molecular weight is 335 g/mol. The molecule has 1 aromatic rings. The van der Waals surface area contributed by atoms with E-state index in [0.717, 1.165) is 0 Å². The molecule has 118 valence electrons. The second kappa shape index (κ2) is 5.73. The number of hydrogen-bond donors (Lipinski definition) is 2. The number of benzene rings is 1. The Morgan fingerprint density at radius 2 is 2.19 bits per heavy atom. The first-order valence-electron chi connectivity index (χ1n) is 6.49. The number of nitrogens with two attached hydrogens (primary N) is 1. The zero-order valence-corrected chi connectivity index (χ0v) is 13.5. The highest BCUT2D eigenvalue weighted by molar-refractivity contribution is 7.89. The molecule has 6 nitrogen and oxygen atoms in total. The molecule has 0 aliphatic carbocycles. The number of nitrogen functional groups attached to an aromatic ring is 1. The summed E-state index contributed by atoms with van der Waals surface area (Å²) in [5, 5.41) is 9.36. The number of morpholine rings is 1. The maximum absolute atomic E-state index is 12.7. The minimum atomic E-state index is -3.77. The van der Waals surface area contributed by atoms with Gasteiger partial charge < -0.3 is 15.6 Å². The van der Waals surface area contributed by atoms with Crippen LogP contribution >= 0.6 is 11.6 Å². The Morgan fingerprint density at radius 3 is 2.76 bits per heavy atom. The van der Waals surface area contributed by atoms with Crippen LogP contribution in [-0.4, -0.2) is 49.2 Å². The quantitative estimate of drug-likeness (QED) is 0.807. The standard InChI is InChI=1S/C13H19ClN2O4S/c1-13(2)8-16(6-10(7-17)20-13)21(18,19)12-4-3-9(15)5-11(12)14/h3-5,10,17H,6-8,15H2,1-2H3. The summed E-state index contributed by atoms with van der Waals surface area (Å²) in [5.74, 6) is 0. The van der Waals surface area contributed by atoms with Crippen molar-refractivity contribution < 1.29 is 18.3 Å². The molecule has 0 bridgehead atoms. The van der Waals surface area contributed by atoms with Gasteiger partial charge in [-0.25, -0.2) is 8.42 Å². The third-order valence-corrected chi connectivity index (χ3v) is 5.52. The SMILES string of the molecule is CC1(C)CN(S(=O)(=O)c2ccc(N)cc2Cl)CC(CO)O1. The zero-order valence-electron chi connectivity index (χ0n) is 11.9. The summed E-state index contributed by atoms with van der Waals surface area (Å²) in [6, 6.07) is 4.29. The van der Waals surface area contributed by atoms with Gasteiger partial charge in [0.05, 0.1) is 23.3 Å². The van der Waals surface area contributed by atoms with Crippen LogP contribution in [-0.2, 0) is 14.8 Å². The van der Waals surface area contributed by atoms with E-state index in [0.29, 0.717) is 5.69 Å². The van der Waals surface area contributed by atoms with Gasteiger partial charge >= 0.3 is 0 Å². The lowest BCUT2D eigenvalue weighted by Gasteiger charge is -2.41. The van der Waals surface area contributed by atoms with Crippen LogP contribution in [0.2, 0.25) is 5.02 Å². The van der Waals surface area contributed by atoms with Gasteiger partial charge in [0.2, 0.25) is 10.0 Å². The molecule has 1 unspecified atom stereocenters. The van der Waals surface area contributed by atoms with Crippen molar-refractivity contribution in [2.75, 3.05) is 25.4 Å². The molecule has 8 heteroatoms. The van der Waals surface area contributed by atoms with E-state index in [1.54, 1.807) is 13.8 Å². The predicted molar refractivity (Wildman–Crippen MR) is 80.7 cm³/mol. The number of halogens is 1. The highest BCUT2D eigenvalue weighted by Crippen LogP contribution is 2.30. The number of ether oxygens (including phenoxy) is 1. The number of hydrogen-bond acceptors (Lipinski definition) is 5. The van der Waals surface area contributed by atoms with Crippen LogP contribution in [0.25, 0.3) is 0 Å². The number of aliphatic hydroxyl groups is 1. The maximum Gasteiger partial charge on any atom is 0.244 e. The van der Waals surface area contributed by atoms with Gasteiger partial charge in [0.15, 0.2) is 0 Å². The van der Waals surface area contributed by atoms with Crippen molar-refractivity contribution in [3.05, 3.63) is 23.2 Å². The Labute approximate surface area is 129 Å². The smallest absolute Gasteiger partial charge is 0.244 e. The number of aliphatic hydroxyl groups excluding tert-OH is 1. The van der Waals surface area contributed by atoms with Crippen molar-refractivity contribution in [1.82, 2.24) is 4.31 Å². The summed E-state index contributed by atoms with van der Waals surface area (Å²) in [4.78, 5) is 0.00718. The lowest BCUT2D eigenvalue weighted by Crippen LogP contribution is -2.55. The van der Waals surface area contributed by atoms with Crippen molar-refractivity contribution in [1.29, 1.82) is 0 Å². The van der Waals surface area contributed by atoms with Gasteiger partial charge in [0.1, 0.15) is 4.90 Å². The fourth-order valence-electron chi connectivity index (χ4n) is 2.39. The van der Waals surface area contributed by atoms with E-state index in [1.165, 1.54) is 22.5 Å². The van der Waals surface area contributed by atoms with Crippen molar-refractivity contribution in [2.45, 2.75) is 30.4 Å². The summed E-state index contributed by atoms with van der Waals surface area (Å²) in [6.45, 7) is 3.59. The Kier molecular flexibility index (Phi) is 4.51. The molecule has 1 atom stereocenters. The minimum Gasteiger partial charge on any atom is -0.399 e. The van der Waals surface area contributed by atoms with Gasteiger partial charge in [-0.2, -0.15) is 4.31 Å². The van der Waals surface area contributed by atoms with Gasteiger partial charge in [0, 0.05) is 18.8 Å². The first-order valence-corrected chi connectivity index (χ1v) is 8.31. The van der Waals surface area contributed by atoms with Crippen LogP contribution in [0.1, 0.15) is 13.8 Å². The van der Waals surface area contributed by atoms with Crippen molar-refractivity contribution in [3.63, 3.8) is 0 Å².